The Morgan fingerprint density at radius 2 is 2.54 bits per heavy atom. The molecule has 1 aromatic rings. The molecule has 0 radical (unpaired) electrons. The summed E-state index contributed by atoms with van der Waals surface area (Å²) >= 11 is 0. The Kier molecular flexibility index (Phi) is 3.40. The van der Waals surface area contributed by atoms with E-state index >= 15 is 0 Å². The third-order valence-electron chi connectivity index (χ3n) is 1.49. The van der Waals surface area contributed by atoms with Gasteiger partial charge in [0.25, 0.3) is 0 Å². The molecule has 0 spiro atoms. The molecule has 0 aliphatic carbocycles. The lowest BCUT2D eigenvalue weighted by Crippen LogP contribution is -1.95. The van der Waals surface area contributed by atoms with Gasteiger partial charge < -0.3 is 9.52 Å². The molecule has 0 fully saturated rings. The van der Waals surface area contributed by atoms with Crippen molar-refractivity contribution in [2.75, 3.05) is 7.05 Å². The van der Waals surface area contributed by atoms with Gasteiger partial charge in [0.1, 0.15) is 18.1 Å². The summed E-state index contributed by atoms with van der Waals surface area (Å²) in [5, 5.41) is 8.74. The molecular weight excluding hydrogens is 168 g/mol. The SMILES string of the molecule is C/C=C\C(=NC)c1ncc(CO)o1. The molecule has 0 aromatic carbocycles. The van der Waals surface area contributed by atoms with Gasteiger partial charge in [-0.25, -0.2) is 4.98 Å². The van der Waals surface area contributed by atoms with Crippen LogP contribution in [0.1, 0.15) is 18.6 Å². The Labute approximate surface area is 76.6 Å². The molecule has 0 aliphatic heterocycles. The zero-order valence-corrected chi connectivity index (χ0v) is 7.69. The minimum atomic E-state index is -0.139. The molecule has 70 valence electrons. The van der Waals surface area contributed by atoms with E-state index in [0.29, 0.717) is 17.4 Å². The average molecular weight is 180 g/mol. The van der Waals surface area contributed by atoms with E-state index in [0.717, 1.165) is 0 Å². The Balaban J connectivity index is 2.92. The molecule has 0 saturated carbocycles. The quantitative estimate of drug-likeness (QED) is 0.710. The number of rotatable bonds is 3. The first-order valence-electron chi connectivity index (χ1n) is 3.97. The molecule has 4 nitrogen and oxygen atoms in total. The Morgan fingerprint density at radius 3 is 3.00 bits per heavy atom. The fourth-order valence-electron chi connectivity index (χ4n) is 0.898. The monoisotopic (exact) mass is 180 g/mol. The lowest BCUT2D eigenvalue weighted by molar-refractivity contribution is 0.246. The summed E-state index contributed by atoms with van der Waals surface area (Å²) in [6, 6.07) is 0. The average Bonchev–Trinajstić information content (AvgIpc) is 2.62. The van der Waals surface area contributed by atoms with E-state index in [1.54, 1.807) is 13.1 Å². The van der Waals surface area contributed by atoms with Crippen LogP contribution in [-0.2, 0) is 6.61 Å². The van der Waals surface area contributed by atoms with Gasteiger partial charge >= 0.3 is 0 Å². The lowest BCUT2D eigenvalue weighted by atomic mass is 10.3. The number of aliphatic hydroxyl groups is 1. The second-order valence-corrected chi connectivity index (χ2v) is 2.40. The molecule has 1 N–H and O–H groups in total. The van der Waals surface area contributed by atoms with Gasteiger partial charge in [-0.1, -0.05) is 6.08 Å². The molecule has 1 aromatic heterocycles. The van der Waals surface area contributed by atoms with Gasteiger partial charge in [0.15, 0.2) is 0 Å². The van der Waals surface area contributed by atoms with Gasteiger partial charge in [-0.2, -0.15) is 0 Å². The molecule has 1 rings (SSSR count). The third-order valence-corrected chi connectivity index (χ3v) is 1.49. The summed E-state index contributed by atoms with van der Waals surface area (Å²) in [6.45, 7) is 1.75. The lowest BCUT2D eigenvalue weighted by Gasteiger charge is -1.92. The van der Waals surface area contributed by atoms with E-state index in [9.17, 15) is 0 Å². The summed E-state index contributed by atoms with van der Waals surface area (Å²) in [5.74, 6) is 0.880. The summed E-state index contributed by atoms with van der Waals surface area (Å²) in [4.78, 5) is 7.96. The number of hydrogen-bond donors (Lipinski definition) is 1. The van der Waals surface area contributed by atoms with Crippen LogP contribution in [0.15, 0.2) is 27.8 Å². The number of hydrogen-bond acceptors (Lipinski definition) is 4. The van der Waals surface area contributed by atoms with Crippen LogP contribution in [0.25, 0.3) is 0 Å². The topological polar surface area (TPSA) is 58.6 Å². The first-order chi connectivity index (χ1) is 6.31. The smallest absolute Gasteiger partial charge is 0.244 e. The second-order valence-electron chi connectivity index (χ2n) is 2.40. The number of aromatic nitrogens is 1. The maximum atomic E-state index is 8.74. The number of allylic oxidation sites excluding steroid dienone is 2. The highest BCUT2D eigenvalue weighted by atomic mass is 16.4. The van der Waals surface area contributed by atoms with Crippen molar-refractivity contribution in [2.45, 2.75) is 13.5 Å². The molecule has 0 bridgehead atoms. The fraction of sp³-hybridized carbons (Fsp3) is 0.333. The predicted molar refractivity (Wildman–Crippen MR) is 49.7 cm³/mol. The van der Waals surface area contributed by atoms with E-state index in [4.69, 9.17) is 9.52 Å². The van der Waals surface area contributed by atoms with E-state index in [1.165, 1.54) is 6.20 Å². The van der Waals surface area contributed by atoms with Gasteiger partial charge in [-0.05, 0) is 13.0 Å². The zero-order valence-electron chi connectivity index (χ0n) is 7.69. The number of oxazole rings is 1. The first kappa shape index (κ1) is 9.67. The van der Waals surface area contributed by atoms with Crippen molar-refractivity contribution < 1.29 is 9.52 Å². The normalized spacial score (nSPS) is 12.7. The van der Waals surface area contributed by atoms with E-state index in [-0.39, 0.29) is 6.61 Å². The van der Waals surface area contributed by atoms with Crippen LogP contribution in [-0.4, -0.2) is 22.8 Å². The van der Waals surface area contributed by atoms with Crippen molar-refractivity contribution in [3.8, 4) is 0 Å². The second kappa shape index (κ2) is 4.57. The van der Waals surface area contributed by atoms with Crippen molar-refractivity contribution in [1.82, 2.24) is 4.98 Å². The summed E-state index contributed by atoms with van der Waals surface area (Å²) < 4.78 is 5.20. The van der Waals surface area contributed by atoms with E-state index in [1.807, 2.05) is 13.0 Å². The predicted octanol–water partition coefficient (Wildman–Crippen LogP) is 1.16. The zero-order chi connectivity index (χ0) is 9.68. The third kappa shape index (κ3) is 2.26. The minimum absolute atomic E-state index is 0.139. The Hall–Kier alpha value is -1.42. The summed E-state index contributed by atoms with van der Waals surface area (Å²) in [7, 11) is 1.66. The van der Waals surface area contributed by atoms with Gasteiger partial charge in [0.2, 0.25) is 5.89 Å². The molecular formula is C9H12N2O2. The van der Waals surface area contributed by atoms with Crippen LogP contribution in [0.2, 0.25) is 0 Å². The first-order valence-corrected chi connectivity index (χ1v) is 3.97. The molecule has 1 heterocycles. The van der Waals surface area contributed by atoms with Gasteiger partial charge in [-0.3, -0.25) is 4.99 Å². The largest absolute Gasteiger partial charge is 0.437 e. The van der Waals surface area contributed by atoms with Crippen molar-refractivity contribution >= 4 is 5.71 Å². The van der Waals surface area contributed by atoms with Crippen molar-refractivity contribution in [2.24, 2.45) is 4.99 Å². The molecule has 0 unspecified atom stereocenters. The Morgan fingerprint density at radius 1 is 1.77 bits per heavy atom. The molecule has 0 atom stereocenters. The van der Waals surface area contributed by atoms with Crippen molar-refractivity contribution in [3.63, 3.8) is 0 Å². The Bertz CT molecular complexity index is 326. The standard InChI is InChI=1S/C9H12N2O2/c1-3-4-8(10-2)9-11-5-7(6-12)13-9/h3-5,12H,6H2,1-2H3/b4-3-,10-8?. The van der Waals surface area contributed by atoms with Crippen LogP contribution in [0, 0.1) is 0 Å². The number of aliphatic hydroxyl groups excluding tert-OH is 1. The number of aliphatic imine (C=N–C) groups is 1. The van der Waals surface area contributed by atoms with E-state index < -0.39 is 0 Å². The summed E-state index contributed by atoms with van der Waals surface area (Å²) in [5.41, 5.74) is 0.669. The number of nitrogens with zero attached hydrogens (tertiary/aromatic N) is 2. The molecule has 0 amide bonds. The van der Waals surface area contributed by atoms with E-state index in [2.05, 4.69) is 9.98 Å². The van der Waals surface area contributed by atoms with Crippen LogP contribution >= 0.6 is 0 Å². The molecule has 0 aliphatic rings. The maximum Gasteiger partial charge on any atom is 0.244 e. The van der Waals surface area contributed by atoms with Gasteiger partial charge in [-0.15, -0.1) is 0 Å². The van der Waals surface area contributed by atoms with Gasteiger partial charge in [0, 0.05) is 7.05 Å². The van der Waals surface area contributed by atoms with Crippen LogP contribution in [0.3, 0.4) is 0 Å². The van der Waals surface area contributed by atoms with Crippen LogP contribution < -0.4 is 0 Å². The minimum Gasteiger partial charge on any atom is -0.437 e. The molecule has 13 heavy (non-hydrogen) atoms. The highest BCUT2D eigenvalue weighted by Gasteiger charge is 2.06. The highest BCUT2D eigenvalue weighted by Crippen LogP contribution is 2.05. The van der Waals surface area contributed by atoms with Crippen molar-refractivity contribution in [3.05, 3.63) is 30.0 Å². The highest BCUT2D eigenvalue weighted by molar-refractivity contribution is 6.05. The molecule has 4 heteroatoms. The van der Waals surface area contributed by atoms with Gasteiger partial charge in [0.05, 0.1) is 6.20 Å². The van der Waals surface area contributed by atoms with Crippen LogP contribution in [0.4, 0.5) is 0 Å². The molecule has 0 saturated heterocycles. The van der Waals surface area contributed by atoms with Crippen molar-refractivity contribution in [1.29, 1.82) is 0 Å². The summed E-state index contributed by atoms with van der Waals surface area (Å²) in [6.07, 6.45) is 5.14. The maximum absolute atomic E-state index is 8.74. The fourth-order valence-corrected chi connectivity index (χ4v) is 0.898. The van der Waals surface area contributed by atoms with Crippen LogP contribution in [0.5, 0.6) is 0 Å².